The summed E-state index contributed by atoms with van der Waals surface area (Å²) >= 11 is 0. The maximum absolute atomic E-state index is 13.3. The lowest BCUT2D eigenvalue weighted by atomic mass is 10.1. The number of hydrogen-bond acceptors (Lipinski definition) is 10. The van der Waals surface area contributed by atoms with Crippen LogP contribution in [-0.4, -0.2) is 72.9 Å². The van der Waals surface area contributed by atoms with Gasteiger partial charge in [-0.1, -0.05) is 6.07 Å². The van der Waals surface area contributed by atoms with Crippen molar-refractivity contribution in [3.8, 4) is 22.8 Å². The lowest BCUT2D eigenvalue weighted by Gasteiger charge is -2.39. The van der Waals surface area contributed by atoms with E-state index in [4.69, 9.17) is 15.1 Å². The van der Waals surface area contributed by atoms with Gasteiger partial charge in [0.2, 0.25) is 5.89 Å². The molecule has 0 radical (unpaired) electrons. The summed E-state index contributed by atoms with van der Waals surface area (Å²) in [6.45, 7) is 7.21. The number of nitrogens with zero attached hydrogens (tertiary/aromatic N) is 8. The number of amides is 1. The number of oxazole rings is 1. The smallest absolute Gasteiger partial charge is 0.274 e. The number of aryl methyl sites for hydroxylation is 1. The molecule has 1 fully saturated rings. The first-order valence-corrected chi connectivity index (χ1v) is 13.1. The molecule has 1 aliphatic heterocycles. The fourth-order valence-corrected chi connectivity index (χ4v) is 5.01. The predicted octanol–water partition coefficient (Wildman–Crippen LogP) is 2.80. The van der Waals surface area contributed by atoms with E-state index in [1.807, 2.05) is 47.9 Å². The summed E-state index contributed by atoms with van der Waals surface area (Å²) < 4.78 is 7.45. The average molecular weight is 539 g/mol. The highest BCUT2D eigenvalue weighted by molar-refractivity contribution is 5.97. The van der Waals surface area contributed by atoms with E-state index in [0.29, 0.717) is 23.0 Å². The highest BCUT2D eigenvalue weighted by Gasteiger charge is 2.24. The normalized spacial score (nSPS) is 16.0. The predicted molar refractivity (Wildman–Crippen MR) is 151 cm³/mol. The first-order valence-electron chi connectivity index (χ1n) is 13.1. The molecule has 12 nitrogen and oxygen atoms in total. The lowest BCUT2D eigenvalue weighted by Crippen LogP contribution is -2.50. The molecule has 0 spiro atoms. The molecule has 1 amide bonds. The number of nitrogens with one attached hydrogen (secondary N) is 1. The minimum absolute atomic E-state index is 0.0107. The van der Waals surface area contributed by atoms with Crippen molar-refractivity contribution in [2.24, 2.45) is 0 Å². The van der Waals surface area contributed by atoms with Crippen LogP contribution in [0.4, 0.5) is 11.6 Å². The maximum atomic E-state index is 13.3. The number of carbonyl (C=O) groups is 1. The van der Waals surface area contributed by atoms with Crippen LogP contribution in [0.15, 0.2) is 59.6 Å². The van der Waals surface area contributed by atoms with Gasteiger partial charge in [-0.15, -0.1) is 0 Å². The zero-order valence-corrected chi connectivity index (χ0v) is 22.6. The molecule has 6 rings (SSSR count). The number of rotatable bonds is 6. The number of anilines is 2. The Balaban J connectivity index is 1.28. The van der Waals surface area contributed by atoms with Gasteiger partial charge in [-0.3, -0.25) is 4.79 Å². The first-order chi connectivity index (χ1) is 19.4. The summed E-state index contributed by atoms with van der Waals surface area (Å²) in [5.74, 6) is 0.671. The summed E-state index contributed by atoms with van der Waals surface area (Å²) in [5, 5.41) is 2.91. The Labute approximate surface area is 230 Å². The molecule has 0 bridgehead atoms. The molecule has 40 heavy (non-hydrogen) atoms. The van der Waals surface area contributed by atoms with Crippen LogP contribution >= 0.6 is 0 Å². The molecule has 204 valence electrons. The molecule has 5 aromatic heterocycles. The van der Waals surface area contributed by atoms with Gasteiger partial charge in [-0.05, 0) is 45.2 Å². The van der Waals surface area contributed by atoms with Crippen molar-refractivity contribution in [1.82, 2.24) is 39.5 Å². The summed E-state index contributed by atoms with van der Waals surface area (Å²) in [7, 11) is 2.13. The van der Waals surface area contributed by atoms with Crippen molar-refractivity contribution in [1.29, 1.82) is 0 Å². The highest BCUT2D eigenvalue weighted by atomic mass is 16.3. The van der Waals surface area contributed by atoms with Gasteiger partial charge in [-0.2, -0.15) is 0 Å². The number of pyridine rings is 2. The van der Waals surface area contributed by atoms with Crippen molar-refractivity contribution >= 4 is 23.2 Å². The summed E-state index contributed by atoms with van der Waals surface area (Å²) in [5.41, 5.74) is 10.2. The standard InChI is InChI=1S/C28H30N10O2/c1-17-13-31-21-8-7-19(16-38(17)21)23-24(28-30-9-12-40-28)35-26(29)25(34-23)27(39)32-14-20-5-4-6-22(33-20)37-11-10-36(3)15-18(37)2/h4-9,12-13,16,18H,10-11,14-15H2,1-3H3,(H2,29,35)(H,32,39). The zero-order valence-electron chi connectivity index (χ0n) is 22.6. The minimum atomic E-state index is -0.453. The zero-order chi connectivity index (χ0) is 27.8. The SMILES string of the molecule is Cc1cnc2ccc(-c3nc(C(=O)NCc4cccc(N5CCN(C)CC5C)n4)c(N)nc3-c3ncco3)cn12. The van der Waals surface area contributed by atoms with Crippen molar-refractivity contribution < 1.29 is 9.21 Å². The van der Waals surface area contributed by atoms with E-state index >= 15 is 0 Å². The second-order valence-corrected chi connectivity index (χ2v) is 10.0. The van der Waals surface area contributed by atoms with E-state index in [1.165, 1.54) is 12.5 Å². The minimum Gasteiger partial charge on any atom is -0.443 e. The number of nitrogens with two attached hydrogens (primary N) is 1. The molecule has 3 N–H and O–H groups in total. The van der Waals surface area contributed by atoms with Crippen molar-refractivity contribution in [2.45, 2.75) is 26.4 Å². The number of fused-ring (bicyclic) bond motifs is 1. The molecule has 1 saturated heterocycles. The fraction of sp³-hybridized carbons (Fsp3) is 0.286. The van der Waals surface area contributed by atoms with Crippen LogP contribution in [0.3, 0.4) is 0 Å². The van der Waals surface area contributed by atoms with Crippen LogP contribution in [0, 0.1) is 6.92 Å². The number of likely N-dealkylation sites (N-methyl/N-ethyl adjacent to an activating group) is 1. The Hall–Kier alpha value is -4.84. The van der Waals surface area contributed by atoms with Crippen LogP contribution in [0.2, 0.25) is 0 Å². The van der Waals surface area contributed by atoms with Gasteiger partial charge < -0.3 is 29.7 Å². The molecule has 6 heterocycles. The molecule has 5 aromatic rings. The van der Waals surface area contributed by atoms with E-state index in [2.05, 4.69) is 49.0 Å². The van der Waals surface area contributed by atoms with Gasteiger partial charge in [0.1, 0.15) is 23.4 Å². The van der Waals surface area contributed by atoms with Crippen molar-refractivity contribution in [3.05, 3.63) is 72.3 Å². The number of imidazole rings is 1. The quantitative estimate of drug-likeness (QED) is 0.331. The molecule has 1 unspecified atom stereocenters. The molecule has 0 saturated carbocycles. The Morgan fingerprint density at radius 2 is 2.00 bits per heavy atom. The lowest BCUT2D eigenvalue weighted by molar-refractivity contribution is 0.0946. The van der Waals surface area contributed by atoms with Crippen LogP contribution < -0.4 is 16.0 Å². The topological polar surface area (TPSA) is 144 Å². The largest absolute Gasteiger partial charge is 0.443 e. The average Bonchev–Trinajstić information content (AvgIpc) is 3.62. The van der Waals surface area contributed by atoms with Gasteiger partial charge in [0, 0.05) is 49.3 Å². The van der Waals surface area contributed by atoms with Crippen molar-refractivity contribution in [3.63, 3.8) is 0 Å². The summed E-state index contributed by atoms with van der Waals surface area (Å²) in [4.78, 5) is 40.5. The Morgan fingerprint density at radius 3 is 2.80 bits per heavy atom. The van der Waals surface area contributed by atoms with Crippen LogP contribution in [0.25, 0.3) is 28.5 Å². The summed E-state index contributed by atoms with van der Waals surface area (Å²) in [6.07, 6.45) is 6.64. The Morgan fingerprint density at radius 1 is 1.12 bits per heavy atom. The fourth-order valence-electron chi connectivity index (χ4n) is 5.01. The molecule has 0 aromatic carbocycles. The first kappa shape index (κ1) is 25.4. The third kappa shape index (κ3) is 4.84. The van der Waals surface area contributed by atoms with Crippen LogP contribution in [0.1, 0.15) is 28.8 Å². The van der Waals surface area contributed by atoms with Gasteiger partial charge in [0.25, 0.3) is 5.91 Å². The van der Waals surface area contributed by atoms with Gasteiger partial charge in [0.15, 0.2) is 17.2 Å². The molecule has 1 aliphatic rings. The van der Waals surface area contributed by atoms with Gasteiger partial charge >= 0.3 is 0 Å². The van der Waals surface area contributed by atoms with Crippen molar-refractivity contribution in [2.75, 3.05) is 37.3 Å². The molecule has 0 aliphatic carbocycles. The Bertz CT molecular complexity index is 1680. The highest BCUT2D eigenvalue weighted by Crippen LogP contribution is 2.30. The molecule has 1 atom stereocenters. The second-order valence-electron chi connectivity index (χ2n) is 10.0. The monoisotopic (exact) mass is 538 g/mol. The van der Waals surface area contributed by atoms with E-state index in [-0.39, 0.29) is 23.9 Å². The number of aromatic nitrogens is 6. The number of piperazine rings is 1. The van der Waals surface area contributed by atoms with E-state index in [9.17, 15) is 4.79 Å². The molecular weight excluding hydrogens is 508 g/mol. The number of nitrogen functional groups attached to an aromatic ring is 1. The number of carbonyl (C=O) groups excluding carboxylic acids is 1. The van der Waals surface area contributed by atoms with Crippen LogP contribution in [0.5, 0.6) is 0 Å². The second kappa shape index (κ2) is 10.4. The molecule has 12 heteroatoms. The third-order valence-corrected chi connectivity index (χ3v) is 7.08. The van der Waals surface area contributed by atoms with E-state index < -0.39 is 5.91 Å². The van der Waals surface area contributed by atoms with E-state index in [0.717, 1.165) is 42.5 Å². The summed E-state index contributed by atoms with van der Waals surface area (Å²) in [6, 6.07) is 9.93. The van der Waals surface area contributed by atoms with E-state index in [1.54, 1.807) is 6.20 Å². The van der Waals surface area contributed by atoms with Gasteiger partial charge in [0.05, 0.1) is 18.4 Å². The molecular formula is C28H30N10O2. The Kier molecular flexibility index (Phi) is 6.60. The maximum Gasteiger partial charge on any atom is 0.274 e. The number of hydrogen-bond donors (Lipinski definition) is 2. The van der Waals surface area contributed by atoms with Crippen LogP contribution in [-0.2, 0) is 6.54 Å². The third-order valence-electron chi connectivity index (χ3n) is 7.08. The van der Waals surface area contributed by atoms with Gasteiger partial charge in [-0.25, -0.2) is 24.9 Å².